The molecular formula is C13H19FN4O2. The summed E-state index contributed by atoms with van der Waals surface area (Å²) in [6.07, 6.45) is 2.15. The Kier molecular flexibility index (Phi) is 4.84. The van der Waals surface area contributed by atoms with Gasteiger partial charge in [-0.3, -0.25) is 19.4 Å². The summed E-state index contributed by atoms with van der Waals surface area (Å²) in [4.78, 5) is 19.1. The quantitative estimate of drug-likeness (QED) is 0.608. The number of nitro groups is 1. The molecule has 1 aromatic rings. The van der Waals surface area contributed by atoms with E-state index in [1.807, 2.05) is 4.90 Å². The van der Waals surface area contributed by atoms with E-state index in [0.29, 0.717) is 30.9 Å². The van der Waals surface area contributed by atoms with E-state index in [-0.39, 0.29) is 17.3 Å². The Morgan fingerprint density at radius 3 is 2.70 bits per heavy atom. The van der Waals surface area contributed by atoms with Gasteiger partial charge in [0, 0.05) is 44.5 Å². The minimum atomic E-state index is -0.368. The molecule has 6 nitrogen and oxygen atoms in total. The molecule has 0 bridgehead atoms. The van der Waals surface area contributed by atoms with Gasteiger partial charge in [0.2, 0.25) is 5.82 Å². The molecule has 1 aliphatic heterocycles. The van der Waals surface area contributed by atoms with Crippen LogP contribution in [0.1, 0.15) is 12.0 Å². The van der Waals surface area contributed by atoms with Gasteiger partial charge in [0.05, 0.1) is 11.6 Å². The number of rotatable bonds is 5. The van der Waals surface area contributed by atoms with Crippen LogP contribution in [0.5, 0.6) is 0 Å². The van der Waals surface area contributed by atoms with Crippen LogP contribution in [-0.4, -0.2) is 54.2 Å². The topological polar surface area (TPSA) is 62.5 Å². The van der Waals surface area contributed by atoms with Gasteiger partial charge in [-0.2, -0.15) is 0 Å². The van der Waals surface area contributed by atoms with E-state index in [0.717, 1.165) is 19.6 Å². The summed E-state index contributed by atoms with van der Waals surface area (Å²) in [5.41, 5.74) is 0.713. The standard InChI is InChI=1S/C13H19FN4O2/c1-11-3-5-15-13(12(11)18(19)20)17-9-7-16(8-10-17)6-2-4-14/h3,5H,2,4,6-10H2,1H3. The van der Waals surface area contributed by atoms with E-state index in [1.54, 1.807) is 19.2 Å². The summed E-state index contributed by atoms with van der Waals surface area (Å²) in [6, 6.07) is 1.65. The van der Waals surface area contributed by atoms with Crippen molar-refractivity contribution in [2.75, 3.05) is 44.3 Å². The number of aromatic nitrogens is 1. The van der Waals surface area contributed by atoms with Crippen molar-refractivity contribution < 1.29 is 9.31 Å². The Bertz CT molecular complexity index is 475. The lowest BCUT2D eigenvalue weighted by molar-refractivity contribution is -0.384. The maximum Gasteiger partial charge on any atom is 0.314 e. The highest BCUT2D eigenvalue weighted by Gasteiger charge is 2.26. The normalized spacial score (nSPS) is 16.4. The molecule has 1 saturated heterocycles. The van der Waals surface area contributed by atoms with Gasteiger partial charge in [0.25, 0.3) is 0 Å². The van der Waals surface area contributed by atoms with Gasteiger partial charge < -0.3 is 4.90 Å². The number of piperazine rings is 1. The largest absolute Gasteiger partial charge is 0.348 e. The predicted octanol–water partition coefficient (Wildman–Crippen LogP) is 1.78. The van der Waals surface area contributed by atoms with Gasteiger partial charge >= 0.3 is 5.69 Å². The van der Waals surface area contributed by atoms with Crippen molar-refractivity contribution in [1.82, 2.24) is 9.88 Å². The summed E-state index contributed by atoms with van der Waals surface area (Å²) < 4.78 is 12.2. The van der Waals surface area contributed by atoms with Gasteiger partial charge in [0.1, 0.15) is 0 Å². The van der Waals surface area contributed by atoms with Crippen molar-refractivity contribution >= 4 is 11.5 Å². The Hall–Kier alpha value is -1.76. The first kappa shape index (κ1) is 14.6. The average Bonchev–Trinajstić information content (AvgIpc) is 2.45. The fraction of sp³-hybridized carbons (Fsp3) is 0.615. The number of aryl methyl sites for hydroxylation is 1. The molecule has 1 fully saturated rings. The van der Waals surface area contributed by atoms with Crippen LogP contribution in [0.15, 0.2) is 12.3 Å². The van der Waals surface area contributed by atoms with Crippen LogP contribution in [0.25, 0.3) is 0 Å². The van der Waals surface area contributed by atoms with Crippen LogP contribution >= 0.6 is 0 Å². The SMILES string of the molecule is Cc1ccnc(N2CCN(CCCF)CC2)c1[N+](=O)[O-]. The molecule has 0 atom stereocenters. The van der Waals surface area contributed by atoms with E-state index in [2.05, 4.69) is 9.88 Å². The molecule has 0 radical (unpaired) electrons. The third-order valence-electron chi connectivity index (χ3n) is 3.57. The summed E-state index contributed by atoms with van der Waals surface area (Å²) in [7, 11) is 0. The molecule has 7 heteroatoms. The number of hydrogen-bond acceptors (Lipinski definition) is 5. The van der Waals surface area contributed by atoms with E-state index >= 15 is 0 Å². The molecule has 1 aromatic heterocycles. The molecule has 110 valence electrons. The fourth-order valence-corrected chi connectivity index (χ4v) is 2.46. The molecule has 0 aromatic carbocycles. The van der Waals surface area contributed by atoms with Gasteiger partial charge in [-0.15, -0.1) is 0 Å². The van der Waals surface area contributed by atoms with E-state index in [9.17, 15) is 14.5 Å². The third kappa shape index (κ3) is 3.22. The van der Waals surface area contributed by atoms with Crippen molar-refractivity contribution in [3.8, 4) is 0 Å². The van der Waals surface area contributed by atoms with Crippen LogP contribution in [0.2, 0.25) is 0 Å². The minimum absolute atomic E-state index is 0.0877. The van der Waals surface area contributed by atoms with Crippen molar-refractivity contribution in [1.29, 1.82) is 0 Å². The molecule has 1 aliphatic rings. The highest BCUT2D eigenvalue weighted by Crippen LogP contribution is 2.29. The van der Waals surface area contributed by atoms with Crippen LogP contribution < -0.4 is 4.90 Å². The van der Waals surface area contributed by atoms with Crippen molar-refractivity contribution in [3.05, 3.63) is 27.9 Å². The number of halogens is 1. The summed E-state index contributed by atoms with van der Waals surface area (Å²) in [6.45, 7) is 5.10. The van der Waals surface area contributed by atoms with Crippen LogP contribution in [0, 0.1) is 17.0 Å². The van der Waals surface area contributed by atoms with E-state index < -0.39 is 0 Å². The van der Waals surface area contributed by atoms with Gasteiger partial charge in [0.15, 0.2) is 0 Å². The lowest BCUT2D eigenvalue weighted by atomic mass is 10.2. The second-order valence-electron chi connectivity index (χ2n) is 4.93. The van der Waals surface area contributed by atoms with Crippen molar-refractivity contribution in [3.63, 3.8) is 0 Å². The number of anilines is 1. The Balaban J connectivity index is 2.07. The zero-order valence-electron chi connectivity index (χ0n) is 11.6. The highest BCUT2D eigenvalue weighted by atomic mass is 19.1. The second-order valence-corrected chi connectivity index (χ2v) is 4.93. The molecule has 20 heavy (non-hydrogen) atoms. The Morgan fingerprint density at radius 2 is 2.10 bits per heavy atom. The Labute approximate surface area is 117 Å². The van der Waals surface area contributed by atoms with Gasteiger partial charge in [-0.1, -0.05) is 0 Å². The zero-order chi connectivity index (χ0) is 14.5. The van der Waals surface area contributed by atoms with Gasteiger partial charge in [-0.05, 0) is 19.4 Å². The second kappa shape index (κ2) is 6.60. The zero-order valence-corrected chi connectivity index (χ0v) is 11.6. The first-order valence-corrected chi connectivity index (χ1v) is 6.76. The highest BCUT2D eigenvalue weighted by molar-refractivity contribution is 5.61. The summed E-state index contributed by atoms with van der Waals surface area (Å²) in [5.74, 6) is 0.445. The molecule has 0 unspecified atom stereocenters. The minimum Gasteiger partial charge on any atom is -0.348 e. The molecule has 0 amide bonds. The van der Waals surface area contributed by atoms with Crippen LogP contribution in [0.4, 0.5) is 15.9 Å². The maximum atomic E-state index is 12.2. The fourth-order valence-electron chi connectivity index (χ4n) is 2.46. The molecule has 0 N–H and O–H groups in total. The van der Waals surface area contributed by atoms with Crippen molar-refractivity contribution in [2.24, 2.45) is 0 Å². The first-order valence-electron chi connectivity index (χ1n) is 6.76. The van der Waals surface area contributed by atoms with Crippen LogP contribution in [-0.2, 0) is 0 Å². The predicted molar refractivity (Wildman–Crippen MR) is 74.9 cm³/mol. The first-order chi connectivity index (χ1) is 9.63. The number of alkyl halides is 1. The van der Waals surface area contributed by atoms with Gasteiger partial charge in [-0.25, -0.2) is 4.98 Å². The lowest BCUT2D eigenvalue weighted by Gasteiger charge is -2.35. The molecule has 0 spiro atoms. The molecule has 2 rings (SSSR count). The summed E-state index contributed by atoms with van der Waals surface area (Å²) >= 11 is 0. The number of pyridine rings is 1. The lowest BCUT2D eigenvalue weighted by Crippen LogP contribution is -2.47. The number of nitrogens with zero attached hydrogens (tertiary/aromatic N) is 4. The molecule has 2 heterocycles. The Morgan fingerprint density at radius 1 is 1.40 bits per heavy atom. The third-order valence-corrected chi connectivity index (χ3v) is 3.57. The van der Waals surface area contributed by atoms with Crippen molar-refractivity contribution in [2.45, 2.75) is 13.3 Å². The molecular weight excluding hydrogens is 263 g/mol. The summed E-state index contributed by atoms with van der Waals surface area (Å²) in [5, 5.41) is 11.2. The van der Waals surface area contributed by atoms with Crippen LogP contribution in [0.3, 0.4) is 0 Å². The smallest absolute Gasteiger partial charge is 0.314 e. The van der Waals surface area contributed by atoms with E-state index in [4.69, 9.17) is 0 Å². The average molecular weight is 282 g/mol. The number of hydrogen-bond donors (Lipinski definition) is 0. The molecule has 0 saturated carbocycles. The molecule has 0 aliphatic carbocycles. The van der Waals surface area contributed by atoms with E-state index in [1.165, 1.54) is 0 Å². The monoisotopic (exact) mass is 282 g/mol. The maximum absolute atomic E-state index is 12.2.